The van der Waals surface area contributed by atoms with Gasteiger partial charge in [0.15, 0.2) is 6.10 Å². The number of para-hydroxylation sites is 2. The van der Waals surface area contributed by atoms with Gasteiger partial charge < -0.3 is 24.3 Å². The average molecular weight is 387 g/mol. The number of rotatable bonds is 10. The zero-order chi connectivity index (χ0) is 20.4. The van der Waals surface area contributed by atoms with Crippen molar-refractivity contribution in [2.24, 2.45) is 0 Å². The second-order valence-corrected chi connectivity index (χ2v) is 5.82. The Kier molecular flexibility index (Phi) is 8.14. The number of esters is 1. The van der Waals surface area contributed by atoms with E-state index in [9.17, 15) is 9.59 Å². The molecule has 2 rings (SSSR count). The Morgan fingerprint density at radius 3 is 2.29 bits per heavy atom. The van der Waals surface area contributed by atoms with Gasteiger partial charge in [0.25, 0.3) is 5.91 Å². The van der Waals surface area contributed by atoms with Gasteiger partial charge in [0.2, 0.25) is 0 Å². The summed E-state index contributed by atoms with van der Waals surface area (Å²) in [5.41, 5.74) is 0.511. The van der Waals surface area contributed by atoms with E-state index >= 15 is 0 Å². The Labute approximate surface area is 164 Å². The quantitative estimate of drug-likeness (QED) is 0.629. The number of nitrogens with one attached hydrogen (secondary N) is 1. The summed E-state index contributed by atoms with van der Waals surface area (Å²) in [7, 11) is 1.51. The first kappa shape index (κ1) is 21.1. The minimum atomic E-state index is -0.942. The van der Waals surface area contributed by atoms with E-state index in [2.05, 4.69) is 5.32 Å². The summed E-state index contributed by atoms with van der Waals surface area (Å²) >= 11 is 0. The molecule has 1 unspecified atom stereocenters. The van der Waals surface area contributed by atoms with Crippen LogP contribution in [0.4, 0.5) is 5.69 Å². The molecule has 0 fully saturated rings. The minimum absolute atomic E-state index is 0.0273. The van der Waals surface area contributed by atoms with Gasteiger partial charge in [-0.1, -0.05) is 12.1 Å². The second kappa shape index (κ2) is 10.8. The number of anilines is 1. The van der Waals surface area contributed by atoms with Crippen LogP contribution in [0.5, 0.6) is 17.2 Å². The molecule has 0 bridgehead atoms. The summed E-state index contributed by atoms with van der Waals surface area (Å²) in [5.74, 6) is 0.944. The number of benzene rings is 2. The maximum atomic E-state index is 12.2. The Bertz CT molecular complexity index is 775. The second-order valence-electron chi connectivity index (χ2n) is 5.82. The molecule has 0 aliphatic heterocycles. The zero-order valence-electron chi connectivity index (χ0n) is 16.3. The highest BCUT2D eigenvalue weighted by Crippen LogP contribution is 2.23. The van der Waals surface area contributed by atoms with Gasteiger partial charge >= 0.3 is 5.97 Å². The molecule has 7 nitrogen and oxygen atoms in total. The van der Waals surface area contributed by atoms with E-state index < -0.39 is 18.0 Å². The van der Waals surface area contributed by atoms with Crippen molar-refractivity contribution in [3.8, 4) is 17.2 Å². The van der Waals surface area contributed by atoms with Gasteiger partial charge in [-0.05, 0) is 50.2 Å². The van der Waals surface area contributed by atoms with Gasteiger partial charge in [-0.15, -0.1) is 0 Å². The zero-order valence-corrected chi connectivity index (χ0v) is 16.3. The van der Waals surface area contributed by atoms with Crippen molar-refractivity contribution in [2.75, 3.05) is 25.6 Å². The van der Waals surface area contributed by atoms with Gasteiger partial charge in [0.05, 0.1) is 32.4 Å². The summed E-state index contributed by atoms with van der Waals surface area (Å²) in [6, 6.07) is 14.1. The van der Waals surface area contributed by atoms with Crippen molar-refractivity contribution in [2.45, 2.75) is 26.4 Å². The van der Waals surface area contributed by atoms with Crippen molar-refractivity contribution in [3.63, 3.8) is 0 Å². The summed E-state index contributed by atoms with van der Waals surface area (Å²) < 4.78 is 21.2. The molecular formula is C21H25NO6. The number of carbonyl (C=O) groups excluding carboxylic acids is 2. The maximum Gasteiger partial charge on any atom is 0.310 e. The van der Waals surface area contributed by atoms with Crippen molar-refractivity contribution >= 4 is 17.6 Å². The lowest BCUT2D eigenvalue weighted by atomic mass is 10.2. The summed E-state index contributed by atoms with van der Waals surface area (Å²) in [5, 5.41) is 2.68. The molecule has 0 saturated carbocycles. The molecule has 1 atom stereocenters. The molecule has 0 aromatic heterocycles. The third-order valence-corrected chi connectivity index (χ3v) is 3.75. The molecular weight excluding hydrogens is 362 g/mol. The standard InChI is InChI=1S/C21H25NO6/c1-4-26-16-9-11-17(12-10-16)27-14-13-20(23)28-15(2)21(24)22-18-7-5-6-8-19(18)25-3/h5-12,15H,4,13-14H2,1-3H3,(H,22,24). The van der Waals surface area contributed by atoms with Gasteiger partial charge in [-0.2, -0.15) is 0 Å². The molecule has 0 radical (unpaired) electrons. The SMILES string of the molecule is CCOc1ccc(OCCC(=O)OC(C)C(=O)Nc2ccccc2OC)cc1. The van der Waals surface area contributed by atoms with Crippen LogP contribution in [0.1, 0.15) is 20.3 Å². The van der Waals surface area contributed by atoms with Crippen molar-refractivity contribution < 1.29 is 28.5 Å². The third kappa shape index (κ3) is 6.50. The van der Waals surface area contributed by atoms with Crippen molar-refractivity contribution in [1.82, 2.24) is 0 Å². The fraction of sp³-hybridized carbons (Fsp3) is 0.333. The van der Waals surface area contributed by atoms with E-state index in [1.54, 1.807) is 48.5 Å². The minimum Gasteiger partial charge on any atom is -0.495 e. The van der Waals surface area contributed by atoms with Crippen LogP contribution in [0, 0.1) is 0 Å². The van der Waals surface area contributed by atoms with Gasteiger partial charge in [-0.25, -0.2) is 0 Å². The monoisotopic (exact) mass is 387 g/mol. The molecule has 0 aliphatic rings. The van der Waals surface area contributed by atoms with Crippen LogP contribution in [0.3, 0.4) is 0 Å². The summed E-state index contributed by atoms with van der Waals surface area (Å²) in [6.07, 6.45) is -0.914. The number of hydrogen-bond donors (Lipinski definition) is 1. The number of hydrogen-bond acceptors (Lipinski definition) is 6. The molecule has 150 valence electrons. The van der Waals surface area contributed by atoms with Crippen molar-refractivity contribution in [1.29, 1.82) is 0 Å². The normalized spacial score (nSPS) is 11.2. The lowest BCUT2D eigenvalue weighted by Crippen LogP contribution is -2.30. The largest absolute Gasteiger partial charge is 0.495 e. The molecule has 28 heavy (non-hydrogen) atoms. The average Bonchev–Trinajstić information content (AvgIpc) is 2.70. The highest BCUT2D eigenvalue weighted by molar-refractivity contribution is 5.96. The van der Waals surface area contributed by atoms with Crippen LogP contribution < -0.4 is 19.5 Å². The van der Waals surface area contributed by atoms with E-state index in [0.29, 0.717) is 23.8 Å². The maximum absolute atomic E-state index is 12.2. The van der Waals surface area contributed by atoms with Gasteiger partial charge in [0.1, 0.15) is 17.2 Å². The highest BCUT2D eigenvalue weighted by Gasteiger charge is 2.19. The van der Waals surface area contributed by atoms with Crippen LogP contribution in [0.2, 0.25) is 0 Å². The van der Waals surface area contributed by atoms with Gasteiger partial charge in [-0.3, -0.25) is 9.59 Å². The first-order valence-electron chi connectivity index (χ1n) is 9.02. The number of ether oxygens (including phenoxy) is 4. The fourth-order valence-electron chi connectivity index (χ4n) is 2.34. The molecule has 1 amide bonds. The lowest BCUT2D eigenvalue weighted by Gasteiger charge is -2.15. The molecule has 0 spiro atoms. The topological polar surface area (TPSA) is 83.1 Å². The number of methoxy groups -OCH3 is 1. The first-order valence-corrected chi connectivity index (χ1v) is 9.02. The Morgan fingerprint density at radius 2 is 1.64 bits per heavy atom. The molecule has 7 heteroatoms. The summed E-state index contributed by atoms with van der Waals surface area (Å²) in [6.45, 7) is 4.16. The van der Waals surface area contributed by atoms with Crippen LogP contribution >= 0.6 is 0 Å². The number of amides is 1. The number of carbonyl (C=O) groups is 2. The van der Waals surface area contributed by atoms with Crippen LogP contribution in [-0.4, -0.2) is 38.3 Å². The van der Waals surface area contributed by atoms with Crippen LogP contribution in [0.15, 0.2) is 48.5 Å². The third-order valence-electron chi connectivity index (χ3n) is 3.75. The Balaban J connectivity index is 1.74. The smallest absolute Gasteiger partial charge is 0.310 e. The molecule has 0 saturated heterocycles. The van der Waals surface area contributed by atoms with E-state index in [4.69, 9.17) is 18.9 Å². The van der Waals surface area contributed by atoms with E-state index in [-0.39, 0.29) is 13.0 Å². The lowest BCUT2D eigenvalue weighted by molar-refractivity contribution is -0.153. The highest BCUT2D eigenvalue weighted by atomic mass is 16.6. The van der Waals surface area contributed by atoms with E-state index in [1.165, 1.54) is 14.0 Å². The van der Waals surface area contributed by atoms with Crippen molar-refractivity contribution in [3.05, 3.63) is 48.5 Å². The van der Waals surface area contributed by atoms with Gasteiger partial charge in [0, 0.05) is 0 Å². The molecule has 2 aromatic rings. The molecule has 0 aliphatic carbocycles. The Hall–Kier alpha value is -3.22. The predicted molar refractivity (Wildman–Crippen MR) is 105 cm³/mol. The Morgan fingerprint density at radius 1 is 1.00 bits per heavy atom. The molecule has 1 N–H and O–H groups in total. The first-order chi connectivity index (χ1) is 13.5. The van der Waals surface area contributed by atoms with Crippen LogP contribution in [-0.2, 0) is 14.3 Å². The van der Waals surface area contributed by atoms with Crippen LogP contribution in [0.25, 0.3) is 0 Å². The molecule has 0 heterocycles. The molecule has 2 aromatic carbocycles. The predicted octanol–water partition coefficient (Wildman–Crippen LogP) is 3.43. The van der Waals surface area contributed by atoms with E-state index in [0.717, 1.165) is 5.75 Å². The fourth-order valence-corrected chi connectivity index (χ4v) is 2.34. The summed E-state index contributed by atoms with van der Waals surface area (Å²) in [4.78, 5) is 24.1. The van der Waals surface area contributed by atoms with E-state index in [1.807, 2.05) is 6.92 Å².